The minimum atomic E-state index is -2.78. The monoisotopic (exact) mass is 255 g/mol. The van der Waals surface area contributed by atoms with Gasteiger partial charge in [-0.3, -0.25) is 4.79 Å². The quantitative estimate of drug-likeness (QED) is 0.588. The zero-order chi connectivity index (χ0) is 10.1. The predicted octanol–water partition coefficient (Wildman–Crippen LogP) is 2.35. The number of nitrogens with zero attached hydrogens (tertiary/aromatic N) is 1. The summed E-state index contributed by atoms with van der Waals surface area (Å²) < 4.78 is 1.49. The molecule has 0 radical (unpaired) electrons. The summed E-state index contributed by atoms with van der Waals surface area (Å²) in [4.78, 5) is 11.3. The summed E-state index contributed by atoms with van der Waals surface area (Å²) in [6.07, 6.45) is 0.211. The SMILES string of the molecule is Cc1cccc(=O)n1C[Si](Cl)(Cl)Cl. The molecule has 0 unspecified atom stereocenters. The molecular formula is C7H8Cl3NOSi. The molecular weight excluding hydrogens is 249 g/mol. The molecule has 0 atom stereocenters. The fourth-order valence-electron chi connectivity index (χ4n) is 1.01. The van der Waals surface area contributed by atoms with Crippen molar-refractivity contribution in [2.75, 3.05) is 0 Å². The van der Waals surface area contributed by atoms with Crippen LogP contribution in [0.5, 0.6) is 0 Å². The summed E-state index contributed by atoms with van der Waals surface area (Å²) in [5.74, 6) is 0. The molecule has 1 rings (SSSR count). The van der Waals surface area contributed by atoms with Gasteiger partial charge in [-0.2, -0.15) is 0 Å². The number of aromatic nitrogens is 1. The highest BCUT2D eigenvalue weighted by atomic mass is 35.8. The molecule has 0 amide bonds. The van der Waals surface area contributed by atoms with Gasteiger partial charge in [0.2, 0.25) is 0 Å². The molecule has 6 heteroatoms. The second-order valence-electron chi connectivity index (χ2n) is 2.71. The minimum Gasteiger partial charge on any atom is -0.312 e. The number of pyridine rings is 1. The van der Waals surface area contributed by atoms with Crippen molar-refractivity contribution in [3.05, 3.63) is 34.2 Å². The van der Waals surface area contributed by atoms with Crippen molar-refractivity contribution in [2.45, 2.75) is 13.1 Å². The Morgan fingerprint density at radius 2 is 2.00 bits per heavy atom. The number of halogens is 3. The molecule has 13 heavy (non-hydrogen) atoms. The van der Waals surface area contributed by atoms with Crippen LogP contribution in [-0.2, 0) is 6.17 Å². The molecule has 2 nitrogen and oxygen atoms in total. The van der Waals surface area contributed by atoms with Crippen LogP contribution in [0.25, 0.3) is 0 Å². The fraction of sp³-hybridized carbons (Fsp3) is 0.286. The van der Waals surface area contributed by atoms with Crippen molar-refractivity contribution < 1.29 is 0 Å². The lowest BCUT2D eigenvalue weighted by Crippen LogP contribution is -2.30. The van der Waals surface area contributed by atoms with Crippen molar-refractivity contribution in [3.63, 3.8) is 0 Å². The normalized spacial score (nSPS) is 11.7. The number of hydrogen-bond donors (Lipinski definition) is 0. The molecule has 0 aliphatic heterocycles. The summed E-state index contributed by atoms with van der Waals surface area (Å²) in [6.45, 7) is 1.81. The van der Waals surface area contributed by atoms with Crippen molar-refractivity contribution in [2.24, 2.45) is 0 Å². The first kappa shape index (κ1) is 11.1. The maximum Gasteiger partial charge on any atom is 0.360 e. The third-order valence-corrected chi connectivity index (χ3v) is 3.36. The maximum atomic E-state index is 11.3. The highest BCUT2D eigenvalue weighted by Crippen LogP contribution is 2.21. The third-order valence-electron chi connectivity index (χ3n) is 1.61. The van der Waals surface area contributed by atoms with Crippen molar-refractivity contribution in [1.29, 1.82) is 0 Å². The van der Waals surface area contributed by atoms with Crippen molar-refractivity contribution in [3.8, 4) is 0 Å². The van der Waals surface area contributed by atoms with Gasteiger partial charge in [-0.05, 0) is 13.0 Å². The van der Waals surface area contributed by atoms with Crippen LogP contribution in [0.15, 0.2) is 23.0 Å². The Bertz CT molecular complexity index is 357. The number of aryl methyl sites for hydroxylation is 1. The largest absolute Gasteiger partial charge is 0.360 e. The Labute approximate surface area is 91.2 Å². The molecule has 0 fully saturated rings. The third kappa shape index (κ3) is 3.35. The zero-order valence-electron chi connectivity index (χ0n) is 6.93. The first-order valence-electron chi connectivity index (χ1n) is 3.63. The standard InChI is InChI=1S/C7H8Cl3NOSi/c1-6-3-2-4-7(12)11(6)5-13(8,9)10/h2-4H,5H2,1H3. The van der Waals surface area contributed by atoms with Crippen LogP contribution in [0.2, 0.25) is 0 Å². The van der Waals surface area contributed by atoms with Crippen LogP contribution in [0.4, 0.5) is 0 Å². The average molecular weight is 257 g/mol. The van der Waals surface area contributed by atoms with Crippen LogP contribution in [0, 0.1) is 6.92 Å². The molecule has 1 aromatic heterocycles. The minimum absolute atomic E-state index is 0.126. The summed E-state index contributed by atoms with van der Waals surface area (Å²) in [5.41, 5.74) is 0.685. The van der Waals surface area contributed by atoms with E-state index in [-0.39, 0.29) is 11.7 Å². The molecule has 0 saturated heterocycles. The summed E-state index contributed by atoms with van der Waals surface area (Å²) >= 11 is 17.2. The molecule has 0 aromatic carbocycles. The molecule has 1 aromatic rings. The molecule has 0 aliphatic carbocycles. The van der Waals surface area contributed by atoms with Crippen molar-refractivity contribution in [1.82, 2.24) is 4.57 Å². The van der Waals surface area contributed by atoms with Crippen LogP contribution >= 0.6 is 33.2 Å². The topological polar surface area (TPSA) is 22.0 Å². The molecule has 1 heterocycles. The highest BCUT2D eigenvalue weighted by Gasteiger charge is 2.26. The van der Waals surface area contributed by atoms with Gasteiger partial charge in [0.25, 0.3) is 5.56 Å². The summed E-state index contributed by atoms with van der Waals surface area (Å²) in [5, 5.41) is 0. The van der Waals surface area contributed by atoms with Crippen LogP contribution in [0.1, 0.15) is 5.69 Å². The van der Waals surface area contributed by atoms with E-state index >= 15 is 0 Å². The predicted molar refractivity (Wildman–Crippen MR) is 58.8 cm³/mol. The Kier molecular flexibility index (Phi) is 3.46. The second-order valence-corrected chi connectivity index (χ2v) is 11.8. The van der Waals surface area contributed by atoms with Gasteiger partial charge in [0.15, 0.2) is 0 Å². The second kappa shape index (κ2) is 4.05. The summed E-state index contributed by atoms with van der Waals surface area (Å²) in [7, 11) is 0. The van der Waals surface area contributed by atoms with Gasteiger partial charge in [0.05, 0.1) is 6.17 Å². The van der Waals surface area contributed by atoms with Crippen LogP contribution < -0.4 is 5.56 Å². The Morgan fingerprint density at radius 1 is 1.38 bits per heavy atom. The Morgan fingerprint density at radius 3 is 2.46 bits per heavy atom. The number of hydrogen-bond acceptors (Lipinski definition) is 1. The zero-order valence-corrected chi connectivity index (χ0v) is 10.2. The van der Waals surface area contributed by atoms with E-state index in [1.807, 2.05) is 13.0 Å². The van der Waals surface area contributed by atoms with Crippen molar-refractivity contribution >= 4 is 39.2 Å². The molecule has 0 saturated carbocycles. The van der Waals surface area contributed by atoms with Gasteiger partial charge in [-0.15, -0.1) is 33.2 Å². The molecule has 0 bridgehead atoms. The lowest BCUT2D eigenvalue weighted by Gasteiger charge is -2.12. The van der Waals surface area contributed by atoms with Gasteiger partial charge in [-0.25, -0.2) is 0 Å². The molecule has 0 aliphatic rings. The van der Waals surface area contributed by atoms with E-state index < -0.39 is 6.00 Å². The van der Waals surface area contributed by atoms with E-state index in [1.54, 1.807) is 6.07 Å². The molecule has 72 valence electrons. The summed E-state index contributed by atoms with van der Waals surface area (Å²) in [6, 6.07) is 2.18. The van der Waals surface area contributed by atoms with E-state index in [1.165, 1.54) is 10.6 Å². The first-order valence-corrected chi connectivity index (χ1v) is 8.87. The van der Waals surface area contributed by atoms with E-state index in [0.717, 1.165) is 5.69 Å². The molecule has 0 N–H and O–H groups in total. The lowest BCUT2D eigenvalue weighted by molar-refractivity contribution is 0.786. The maximum absolute atomic E-state index is 11.3. The highest BCUT2D eigenvalue weighted by molar-refractivity contribution is 7.64. The Hall–Kier alpha value is 0.0369. The van der Waals surface area contributed by atoms with Crippen LogP contribution in [0.3, 0.4) is 0 Å². The van der Waals surface area contributed by atoms with Gasteiger partial charge in [0, 0.05) is 11.8 Å². The smallest absolute Gasteiger partial charge is 0.312 e. The van der Waals surface area contributed by atoms with E-state index in [0.29, 0.717) is 0 Å². The first-order chi connectivity index (χ1) is 5.90. The van der Waals surface area contributed by atoms with Gasteiger partial charge in [0.1, 0.15) is 0 Å². The van der Waals surface area contributed by atoms with Crippen LogP contribution in [-0.4, -0.2) is 10.6 Å². The van der Waals surface area contributed by atoms with Gasteiger partial charge < -0.3 is 4.57 Å². The van der Waals surface area contributed by atoms with E-state index in [2.05, 4.69) is 0 Å². The fourth-order valence-corrected chi connectivity index (χ4v) is 2.84. The molecule has 0 spiro atoms. The van der Waals surface area contributed by atoms with E-state index in [4.69, 9.17) is 33.2 Å². The lowest BCUT2D eigenvalue weighted by atomic mass is 10.4. The van der Waals surface area contributed by atoms with Gasteiger partial charge in [-0.1, -0.05) is 6.07 Å². The van der Waals surface area contributed by atoms with Gasteiger partial charge >= 0.3 is 6.00 Å². The number of rotatable bonds is 2. The average Bonchev–Trinajstić information content (AvgIpc) is 1.95. The van der Waals surface area contributed by atoms with E-state index in [9.17, 15) is 4.79 Å². The Balaban J connectivity index is 3.08.